The third-order valence-corrected chi connectivity index (χ3v) is 2.59. The van der Waals surface area contributed by atoms with Crippen LogP contribution in [0.25, 0.3) is 0 Å². The molecule has 78 valence electrons. The summed E-state index contributed by atoms with van der Waals surface area (Å²) < 4.78 is 7.51. The van der Waals surface area contributed by atoms with Crippen molar-refractivity contribution >= 4 is 0 Å². The predicted molar refractivity (Wildman–Crippen MR) is 53.2 cm³/mol. The number of hydrogen-bond acceptors (Lipinski definition) is 3. The molecule has 2 rings (SSSR count). The van der Waals surface area contributed by atoms with E-state index in [0.717, 1.165) is 25.5 Å². The molecule has 0 amide bonds. The minimum atomic E-state index is 0.0570. The fourth-order valence-corrected chi connectivity index (χ4v) is 1.78. The highest BCUT2D eigenvalue weighted by atomic mass is 16.5. The van der Waals surface area contributed by atoms with Crippen molar-refractivity contribution in [1.29, 1.82) is 0 Å². The highest BCUT2D eigenvalue weighted by Crippen LogP contribution is 2.26. The van der Waals surface area contributed by atoms with Gasteiger partial charge in [-0.3, -0.25) is 0 Å². The Morgan fingerprint density at radius 1 is 1.50 bits per heavy atom. The molecule has 0 aliphatic carbocycles. The topological polar surface area (TPSA) is 39.9 Å². The number of aromatic nitrogens is 3. The molecular weight excluding hydrogens is 178 g/mol. The molecule has 0 bridgehead atoms. The third-order valence-electron chi connectivity index (χ3n) is 2.59. The Morgan fingerprint density at radius 3 is 2.86 bits per heavy atom. The molecule has 1 aliphatic heterocycles. The summed E-state index contributed by atoms with van der Waals surface area (Å²) in [6, 6.07) is 0. The Labute approximate surface area is 84.3 Å². The SMILES string of the molecule is CC(C)(C)n1cnnc1C1CCOC1. The van der Waals surface area contributed by atoms with Gasteiger partial charge in [0, 0.05) is 18.1 Å². The van der Waals surface area contributed by atoms with E-state index in [0.29, 0.717) is 5.92 Å². The Balaban J connectivity index is 2.29. The Kier molecular flexibility index (Phi) is 2.31. The summed E-state index contributed by atoms with van der Waals surface area (Å²) >= 11 is 0. The van der Waals surface area contributed by atoms with E-state index in [2.05, 4.69) is 35.5 Å². The molecule has 1 aliphatic rings. The largest absolute Gasteiger partial charge is 0.381 e. The molecule has 1 unspecified atom stereocenters. The Bertz CT molecular complexity index is 307. The lowest BCUT2D eigenvalue weighted by Gasteiger charge is -2.23. The highest BCUT2D eigenvalue weighted by Gasteiger charge is 2.26. The van der Waals surface area contributed by atoms with Gasteiger partial charge in [0.05, 0.1) is 6.61 Å². The quantitative estimate of drug-likeness (QED) is 0.682. The van der Waals surface area contributed by atoms with Crippen LogP contribution in [0, 0.1) is 0 Å². The first-order valence-corrected chi connectivity index (χ1v) is 5.07. The van der Waals surface area contributed by atoms with E-state index < -0.39 is 0 Å². The first-order chi connectivity index (χ1) is 6.59. The zero-order chi connectivity index (χ0) is 10.2. The second-order valence-electron chi connectivity index (χ2n) is 4.79. The molecule has 4 heteroatoms. The van der Waals surface area contributed by atoms with Crippen molar-refractivity contribution in [3.8, 4) is 0 Å². The van der Waals surface area contributed by atoms with E-state index in [9.17, 15) is 0 Å². The van der Waals surface area contributed by atoms with E-state index in [4.69, 9.17) is 4.74 Å². The molecule has 4 nitrogen and oxygen atoms in total. The van der Waals surface area contributed by atoms with E-state index in [1.54, 1.807) is 0 Å². The predicted octanol–water partition coefficient (Wildman–Crippen LogP) is 1.54. The van der Waals surface area contributed by atoms with Crippen LogP contribution in [0.4, 0.5) is 0 Å². The zero-order valence-corrected chi connectivity index (χ0v) is 9.03. The van der Waals surface area contributed by atoms with Crippen molar-refractivity contribution in [2.24, 2.45) is 0 Å². The summed E-state index contributed by atoms with van der Waals surface area (Å²) in [7, 11) is 0. The van der Waals surface area contributed by atoms with Crippen LogP contribution in [0.1, 0.15) is 38.9 Å². The van der Waals surface area contributed by atoms with Gasteiger partial charge >= 0.3 is 0 Å². The second-order valence-corrected chi connectivity index (χ2v) is 4.79. The number of rotatable bonds is 1. The van der Waals surface area contributed by atoms with Crippen LogP contribution in [0.3, 0.4) is 0 Å². The van der Waals surface area contributed by atoms with Crippen LogP contribution >= 0.6 is 0 Å². The van der Waals surface area contributed by atoms with Gasteiger partial charge in [-0.25, -0.2) is 0 Å². The molecule has 1 fully saturated rings. The summed E-state index contributed by atoms with van der Waals surface area (Å²) in [4.78, 5) is 0. The van der Waals surface area contributed by atoms with Crippen LogP contribution in [0.15, 0.2) is 6.33 Å². The monoisotopic (exact) mass is 195 g/mol. The summed E-state index contributed by atoms with van der Waals surface area (Å²) in [6.07, 6.45) is 2.88. The molecule has 14 heavy (non-hydrogen) atoms. The first-order valence-electron chi connectivity index (χ1n) is 5.07. The Hall–Kier alpha value is -0.900. The van der Waals surface area contributed by atoms with Crippen LogP contribution < -0.4 is 0 Å². The molecule has 0 aromatic carbocycles. The van der Waals surface area contributed by atoms with Crippen molar-refractivity contribution in [3.63, 3.8) is 0 Å². The van der Waals surface area contributed by atoms with Crippen molar-refractivity contribution in [2.45, 2.75) is 38.6 Å². The van der Waals surface area contributed by atoms with E-state index in [1.165, 1.54) is 0 Å². The van der Waals surface area contributed by atoms with Crippen LogP contribution in [-0.2, 0) is 10.3 Å². The standard InChI is InChI=1S/C10H17N3O/c1-10(2,3)13-7-11-12-9(13)8-4-5-14-6-8/h7-8H,4-6H2,1-3H3. The van der Waals surface area contributed by atoms with Gasteiger partial charge in [-0.05, 0) is 27.2 Å². The maximum atomic E-state index is 5.37. The maximum absolute atomic E-state index is 5.37. The molecule has 1 aromatic rings. The maximum Gasteiger partial charge on any atom is 0.138 e. The number of hydrogen-bond donors (Lipinski definition) is 0. The average Bonchev–Trinajstić information content (AvgIpc) is 2.73. The highest BCUT2D eigenvalue weighted by molar-refractivity contribution is 5.01. The molecule has 1 atom stereocenters. The van der Waals surface area contributed by atoms with Gasteiger partial charge in [-0.15, -0.1) is 10.2 Å². The van der Waals surface area contributed by atoms with Gasteiger partial charge in [0.15, 0.2) is 0 Å². The fraction of sp³-hybridized carbons (Fsp3) is 0.800. The number of ether oxygens (including phenoxy) is 1. The molecule has 2 heterocycles. The van der Waals surface area contributed by atoms with Gasteiger partial charge in [-0.2, -0.15) is 0 Å². The van der Waals surface area contributed by atoms with Crippen LogP contribution in [0.2, 0.25) is 0 Å². The lowest BCUT2D eigenvalue weighted by Crippen LogP contribution is -2.25. The van der Waals surface area contributed by atoms with E-state index in [-0.39, 0.29) is 5.54 Å². The molecule has 0 radical (unpaired) electrons. The van der Waals surface area contributed by atoms with Gasteiger partial charge in [0.1, 0.15) is 12.2 Å². The zero-order valence-electron chi connectivity index (χ0n) is 9.03. The molecule has 1 saturated heterocycles. The molecule has 0 spiro atoms. The molecule has 0 saturated carbocycles. The smallest absolute Gasteiger partial charge is 0.138 e. The van der Waals surface area contributed by atoms with Crippen LogP contribution in [0.5, 0.6) is 0 Å². The van der Waals surface area contributed by atoms with Gasteiger partial charge in [-0.1, -0.05) is 0 Å². The van der Waals surface area contributed by atoms with Crippen molar-refractivity contribution in [3.05, 3.63) is 12.2 Å². The van der Waals surface area contributed by atoms with E-state index >= 15 is 0 Å². The van der Waals surface area contributed by atoms with E-state index in [1.807, 2.05) is 6.33 Å². The van der Waals surface area contributed by atoms with Gasteiger partial charge < -0.3 is 9.30 Å². The second kappa shape index (κ2) is 3.35. The van der Waals surface area contributed by atoms with Crippen molar-refractivity contribution in [1.82, 2.24) is 14.8 Å². The Morgan fingerprint density at radius 2 is 2.29 bits per heavy atom. The fourth-order valence-electron chi connectivity index (χ4n) is 1.78. The minimum absolute atomic E-state index is 0.0570. The lowest BCUT2D eigenvalue weighted by atomic mass is 10.0. The molecule has 1 aromatic heterocycles. The molecule has 0 N–H and O–H groups in total. The number of nitrogens with zero attached hydrogens (tertiary/aromatic N) is 3. The average molecular weight is 195 g/mol. The van der Waals surface area contributed by atoms with Crippen LogP contribution in [-0.4, -0.2) is 28.0 Å². The lowest BCUT2D eigenvalue weighted by molar-refractivity contribution is 0.192. The summed E-state index contributed by atoms with van der Waals surface area (Å²) in [5.74, 6) is 1.49. The van der Waals surface area contributed by atoms with Gasteiger partial charge in [0.2, 0.25) is 0 Å². The van der Waals surface area contributed by atoms with Crippen molar-refractivity contribution in [2.75, 3.05) is 13.2 Å². The first kappa shape index (κ1) is 9.65. The summed E-state index contributed by atoms with van der Waals surface area (Å²) in [6.45, 7) is 8.12. The third kappa shape index (κ3) is 1.66. The van der Waals surface area contributed by atoms with Crippen molar-refractivity contribution < 1.29 is 4.74 Å². The minimum Gasteiger partial charge on any atom is -0.381 e. The normalized spacial score (nSPS) is 22.9. The summed E-state index contributed by atoms with van der Waals surface area (Å²) in [5, 5.41) is 8.19. The summed E-state index contributed by atoms with van der Waals surface area (Å²) in [5.41, 5.74) is 0.0570. The molecular formula is C10H17N3O. The van der Waals surface area contributed by atoms with Gasteiger partial charge in [0.25, 0.3) is 0 Å².